The Bertz CT molecular complexity index is 350. The van der Waals surface area contributed by atoms with Gasteiger partial charge in [0.1, 0.15) is 0 Å². The van der Waals surface area contributed by atoms with Crippen molar-refractivity contribution in [2.75, 3.05) is 0 Å². The Balaban J connectivity index is 1.85. The van der Waals surface area contributed by atoms with Crippen molar-refractivity contribution < 1.29 is 9.90 Å². The number of aliphatic carboxylic acids is 1. The number of hydrogen-bond donors (Lipinski definition) is 1. The highest BCUT2D eigenvalue weighted by atomic mass is 16.4. The van der Waals surface area contributed by atoms with Crippen LogP contribution in [-0.2, 0) is 11.3 Å². The van der Waals surface area contributed by atoms with Gasteiger partial charge in [0, 0.05) is 19.2 Å². The zero-order valence-electron chi connectivity index (χ0n) is 11.1. The van der Waals surface area contributed by atoms with Crippen LogP contribution in [0.3, 0.4) is 0 Å². The third-order valence-corrected chi connectivity index (χ3v) is 2.93. The van der Waals surface area contributed by atoms with E-state index >= 15 is 0 Å². The molecule has 102 valence electrons. The van der Waals surface area contributed by atoms with Crippen molar-refractivity contribution >= 4 is 5.97 Å². The Labute approximate surface area is 108 Å². The number of nitrogens with zero attached hydrogens (tertiary/aromatic N) is 3. The van der Waals surface area contributed by atoms with Crippen LogP contribution in [0.2, 0.25) is 0 Å². The van der Waals surface area contributed by atoms with Gasteiger partial charge in [-0.2, -0.15) is 0 Å². The van der Waals surface area contributed by atoms with Gasteiger partial charge in [-0.25, -0.2) is 0 Å². The van der Waals surface area contributed by atoms with E-state index in [1.54, 1.807) is 0 Å². The van der Waals surface area contributed by atoms with Crippen molar-refractivity contribution in [3.63, 3.8) is 0 Å². The monoisotopic (exact) mass is 253 g/mol. The molecule has 1 heterocycles. The molecule has 0 saturated heterocycles. The molecule has 5 heteroatoms. The first-order valence-corrected chi connectivity index (χ1v) is 6.77. The van der Waals surface area contributed by atoms with Crippen LogP contribution in [0, 0.1) is 6.92 Å². The minimum atomic E-state index is -0.682. The van der Waals surface area contributed by atoms with E-state index in [-0.39, 0.29) is 0 Å². The predicted molar refractivity (Wildman–Crippen MR) is 69.3 cm³/mol. The predicted octanol–water partition coefficient (Wildman–Crippen LogP) is 2.79. The average molecular weight is 253 g/mol. The zero-order chi connectivity index (χ0) is 13.2. The standard InChI is InChI=1S/C13H23N3O2/c1-12-11-16(15-14-12)10-8-6-4-2-3-5-7-9-13(17)18/h11H,2-10H2,1H3,(H,17,18). The van der Waals surface area contributed by atoms with E-state index in [1.165, 1.54) is 19.3 Å². The normalized spacial score (nSPS) is 10.7. The summed E-state index contributed by atoms with van der Waals surface area (Å²) < 4.78 is 1.89. The Kier molecular flexibility index (Phi) is 7.06. The van der Waals surface area contributed by atoms with Crippen LogP contribution in [0.1, 0.15) is 57.1 Å². The lowest BCUT2D eigenvalue weighted by Crippen LogP contribution is -1.98. The van der Waals surface area contributed by atoms with Crippen molar-refractivity contribution in [2.24, 2.45) is 0 Å². The highest BCUT2D eigenvalue weighted by Crippen LogP contribution is 2.09. The van der Waals surface area contributed by atoms with Crippen molar-refractivity contribution in [1.82, 2.24) is 15.0 Å². The molecule has 0 amide bonds. The van der Waals surface area contributed by atoms with E-state index in [9.17, 15) is 4.79 Å². The van der Waals surface area contributed by atoms with Gasteiger partial charge in [-0.05, 0) is 19.8 Å². The smallest absolute Gasteiger partial charge is 0.303 e. The lowest BCUT2D eigenvalue weighted by atomic mass is 10.1. The highest BCUT2D eigenvalue weighted by molar-refractivity contribution is 5.66. The van der Waals surface area contributed by atoms with Gasteiger partial charge < -0.3 is 5.11 Å². The largest absolute Gasteiger partial charge is 0.481 e. The van der Waals surface area contributed by atoms with Crippen molar-refractivity contribution in [3.05, 3.63) is 11.9 Å². The first-order valence-electron chi connectivity index (χ1n) is 6.77. The van der Waals surface area contributed by atoms with Gasteiger partial charge in [-0.1, -0.05) is 37.3 Å². The number of aromatic nitrogens is 3. The highest BCUT2D eigenvalue weighted by Gasteiger charge is 1.97. The van der Waals surface area contributed by atoms with Gasteiger partial charge in [0.05, 0.1) is 5.69 Å². The van der Waals surface area contributed by atoms with Gasteiger partial charge in [-0.3, -0.25) is 9.48 Å². The number of aryl methyl sites for hydroxylation is 2. The Morgan fingerprint density at radius 1 is 1.17 bits per heavy atom. The quantitative estimate of drug-likeness (QED) is 0.651. The molecular weight excluding hydrogens is 230 g/mol. The second-order valence-corrected chi connectivity index (χ2v) is 4.74. The molecule has 0 aliphatic carbocycles. The maximum absolute atomic E-state index is 10.3. The first kappa shape index (κ1) is 14.7. The van der Waals surface area contributed by atoms with Crippen LogP contribution in [-0.4, -0.2) is 26.1 Å². The summed E-state index contributed by atoms with van der Waals surface area (Å²) in [6.45, 7) is 2.89. The maximum Gasteiger partial charge on any atom is 0.303 e. The minimum absolute atomic E-state index is 0.311. The average Bonchev–Trinajstić information content (AvgIpc) is 2.72. The molecule has 0 atom stereocenters. The summed E-state index contributed by atoms with van der Waals surface area (Å²) in [6, 6.07) is 0. The molecule has 1 aromatic rings. The SMILES string of the molecule is Cc1cn(CCCCCCCCCC(=O)O)nn1. The molecule has 0 aliphatic heterocycles. The van der Waals surface area contributed by atoms with Gasteiger partial charge in [0.2, 0.25) is 0 Å². The van der Waals surface area contributed by atoms with Crippen LogP contribution in [0.15, 0.2) is 6.20 Å². The van der Waals surface area contributed by atoms with Crippen molar-refractivity contribution in [1.29, 1.82) is 0 Å². The van der Waals surface area contributed by atoms with E-state index in [2.05, 4.69) is 10.3 Å². The number of carbonyl (C=O) groups is 1. The summed E-state index contributed by atoms with van der Waals surface area (Å²) in [6.07, 6.45) is 10.0. The second kappa shape index (κ2) is 8.66. The van der Waals surface area contributed by atoms with Gasteiger partial charge in [0.15, 0.2) is 0 Å². The molecule has 5 nitrogen and oxygen atoms in total. The van der Waals surface area contributed by atoms with E-state index in [1.807, 2.05) is 17.8 Å². The summed E-state index contributed by atoms with van der Waals surface area (Å²) in [7, 11) is 0. The Morgan fingerprint density at radius 2 is 1.78 bits per heavy atom. The molecule has 0 saturated carbocycles. The Hall–Kier alpha value is -1.39. The molecule has 0 bridgehead atoms. The van der Waals surface area contributed by atoms with E-state index in [0.29, 0.717) is 6.42 Å². The van der Waals surface area contributed by atoms with Crippen LogP contribution in [0.4, 0.5) is 0 Å². The molecule has 0 unspecified atom stereocenters. The number of rotatable bonds is 10. The third kappa shape index (κ3) is 7.04. The lowest BCUT2D eigenvalue weighted by molar-refractivity contribution is -0.137. The van der Waals surface area contributed by atoms with Crippen LogP contribution in [0.25, 0.3) is 0 Å². The minimum Gasteiger partial charge on any atom is -0.481 e. The topological polar surface area (TPSA) is 68.0 Å². The summed E-state index contributed by atoms with van der Waals surface area (Å²) in [5.74, 6) is -0.682. The van der Waals surface area contributed by atoms with Gasteiger partial charge in [0.25, 0.3) is 0 Å². The first-order chi connectivity index (χ1) is 8.68. The molecule has 0 radical (unpaired) electrons. The Morgan fingerprint density at radius 3 is 2.33 bits per heavy atom. The molecule has 0 aromatic carbocycles. The van der Waals surface area contributed by atoms with Gasteiger partial charge in [-0.15, -0.1) is 5.10 Å². The summed E-state index contributed by atoms with van der Waals surface area (Å²) in [5.41, 5.74) is 0.966. The molecular formula is C13H23N3O2. The summed E-state index contributed by atoms with van der Waals surface area (Å²) >= 11 is 0. The fourth-order valence-electron chi connectivity index (χ4n) is 1.94. The number of carboxylic acid groups (broad SMARTS) is 1. The molecule has 0 aliphatic rings. The fraction of sp³-hybridized carbons (Fsp3) is 0.769. The third-order valence-electron chi connectivity index (χ3n) is 2.93. The number of hydrogen-bond acceptors (Lipinski definition) is 3. The molecule has 0 spiro atoms. The van der Waals surface area contributed by atoms with Crippen molar-refractivity contribution in [3.8, 4) is 0 Å². The molecule has 0 fully saturated rings. The van der Waals surface area contributed by atoms with E-state index in [4.69, 9.17) is 5.11 Å². The second-order valence-electron chi connectivity index (χ2n) is 4.74. The zero-order valence-corrected chi connectivity index (χ0v) is 11.1. The molecule has 18 heavy (non-hydrogen) atoms. The van der Waals surface area contributed by atoms with E-state index in [0.717, 1.165) is 37.9 Å². The summed E-state index contributed by atoms with van der Waals surface area (Å²) in [4.78, 5) is 10.3. The van der Waals surface area contributed by atoms with Crippen LogP contribution in [0.5, 0.6) is 0 Å². The lowest BCUT2D eigenvalue weighted by Gasteiger charge is -2.01. The van der Waals surface area contributed by atoms with Crippen LogP contribution >= 0.6 is 0 Å². The number of unbranched alkanes of at least 4 members (excludes halogenated alkanes) is 6. The molecule has 1 N–H and O–H groups in total. The fourth-order valence-corrected chi connectivity index (χ4v) is 1.94. The van der Waals surface area contributed by atoms with Gasteiger partial charge >= 0.3 is 5.97 Å². The van der Waals surface area contributed by atoms with Crippen molar-refractivity contribution in [2.45, 2.75) is 64.8 Å². The number of carboxylic acids is 1. The maximum atomic E-state index is 10.3. The molecule has 1 aromatic heterocycles. The van der Waals surface area contributed by atoms with Crippen LogP contribution < -0.4 is 0 Å². The molecule has 1 rings (SSSR count). The summed E-state index contributed by atoms with van der Waals surface area (Å²) in [5, 5.41) is 16.4. The van der Waals surface area contributed by atoms with E-state index < -0.39 is 5.97 Å².